The van der Waals surface area contributed by atoms with Crippen molar-refractivity contribution < 1.29 is 18.7 Å². The molecule has 0 aromatic heterocycles. The molecule has 1 atom stereocenters. The number of benzene rings is 1. The van der Waals surface area contributed by atoms with E-state index in [1.165, 1.54) is 26.1 Å². The second-order valence-corrected chi connectivity index (χ2v) is 6.37. The molecule has 0 saturated carbocycles. The fourth-order valence-electron chi connectivity index (χ4n) is 1.74. The van der Waals surface area contributed by atoms with Crippen molar-refractivity contribution in [2.45, 2.75) is 38.8 Å². The van der Waals surface area contributed by atoms with Crippen LogP contribution in [0.4, 0.5) is 9.18 Å². The average Bonchev–Trinajstić information content (AvgIpc) is 2.34. The summed E-state index contributed by atoms with van der Waals surface area (Å²) in [6.45, 7) is 6.57. The largest absolute Gasteiger partial charge is 0.444 e. The fourth-order valence-corrected chi connectivity index (χ4v) is 1.90. The lowest BCUT2D eigenvalue weighted by Crippen LogP contribution is -2.48. The van der Waals surface area contributed by atoms with E-state index in [9.17, 15) is 14.0 Å². The predicted molar refractivity (Wildman–Crippen MR) is 78.8 cm³/mol. The Balaban J connectivity index is 3.20. The van der Waals surface area contributed by atoms with Crippen LogP contribution in [0.25, 0.3) is 0 Å². The molecule has 0 spiro atoms. The lowest BCUT2D eigenvalue weighted by molar-refractivity contribution is -0.117. The molecule has 116 valence electrons. The van der Waals surface area contributed by atoms with Gasteiger partial charge in [0.05, 0.1) is 0 Å². The Morgan fingerprint density at radius 1 is 1.33 bits per heavy atom. The van der Waals surface area contributed by atoms with Gasteiger partial charge in [0.15, 0.2) is 0 Å². The topological polar surface area (TPSA) is 46.6 Å². The SMILES string of the molecule is CN(C(=O)OC(C)(C)C)C(C)(C=O)c1ccc(Cl)cc1F. The summed E-state index contributed by atoms with van der Waals surface area (Å²) in [5, 5.41) is 0.212. The highest BCUT2D eigenvalue weighted by atomic mass is 35.5. The van der Waals surface area contributed by atoms with E-state index in [0.29, 0.717) is 6.29 Å². The van der Waals surface area contributed by atoms with Gasteiger partial charge >= 0.3 is 6.09 Å². The molecule has 1 unspecified atom stereocenters. The van der Waals surface area contributed by atoms with Gasteiger partial charge in [-0.1, -0.05) is 17.7 Å². The lowest BCUT2D eigenvalue weighted by atomic mass is 9.91. The number of aldehydes is 1. The second kappa shape index (κ2) is 6.02. The number of halogens is 2. The predicted octanol–water partition coefficient (Wildman–Crippen LogP) is 3.76. The van der Waals surface area contributed by atoms with Crippen LogP contribution in [-0.4, -0.2) is 29.9 Å². The van der Waals surface area contributed by atoms with E-state index in [0.717, 1.165) is 11.0 Å². The van der Waals surface area contributed by atoms with Gasteiger partial charge < -0.3 is 9.53 Å². The molecule has 0 fully saturated rings. The Hall–Kier alpha value is -1.62. The van der Waals surface area contributed by atoms with Gasteiger partial charge in [0.1, 0.15) is 23.2 Å². The third-order valence-corrected chi connectivity index (χ3v) is 3.31. The molecule has 0 aliphatic rings. The third kappa shape index (κ3) is 3.94. The molecule has 21 heavy (non-hydrogen) atoms. The van der Waals surface area contributed by atoms with Gasteiger partial charge in [-0.2, -0.15) is 0 Å². The van der Waals surface area contributed by atoms with Crippen LogP contribution in [0.3, 0.4) is 0 Å². The molecule has 1 amide bonds. The smallest absolute Gasteiger partial charge is 0.411 e. The first kappa shape index (κ1) is 17.4. The molecule has 6 heteroatoms. The first-order valence-electron chi connectivity index (χ1n) is 6.40. The van der Waals surface area contributed by atoms with Crippen molar-refractivity contribution in [2.24, 2.45) is 0 Å². The average molecular weight is 316 g/mol. The minimum atomic E-state index is -1.49. The zero-order chi connectivity index (χ0) is 16.4. The zero-order valence-electron chi connectivity index (χ0n) is 12.7. The molecule has 1 aromatic carbocycles. The van der Waals surface area contributed by atoms with Crippen LogP contribution in [0.5, 0.6) is 0 Å². The van der Waals surface area contributed by atoms with Gasteiger partial charge in [-0.3, -0.25) is 4.90 Å². The van der Waals surface area contributed by atoms with Crippen LogP contribution in [0.15, 0.2) is 18.2 Å². The maximum Gasteiger partial charge on any atom is 0.411 e. The maximum absolute atomic E-state index is 14.1. The number of carbonyl (C=O) groups excluding carboxylic acids is 2. The van der Waals surface area contributed by atoms with Crippen LogP contribution < -0.4 is 0 Å². The van der Waals surface area contributed by atoms with E-state index >= 15 is 0 Å². The number of rotatable bonds is 3. The molecule has 0 heterocycles. The summed E-state index contributed by atoms with van der Waals surface area (Å²) in [4.78, 5) is 24.7. The lowest BCUT2D eigenvalue weighted by Gasteiger charge is -2.35. The standard InChI is InChI=1S/C15H19ClFNO3/c1-14(2,3)21-13(20)18(5)15(4,9-19)11-7-6-10(16)8-12(11)17/h6-9H,1-5H3. The number of ether oxygens (including phenoxy) is 1. The molecule has 0 bridgehead atoms. The van der Waals surface area contributed by atoms with Crippen LogP contribution in [-0.2, 0) is 15.1 Å². The maximum atomic E-state index is 14.1. The highest BCUT2D eigenvalue weighted by Crippen LogP contribution is 2.30. The molecule has 0 saturated heterocycles. The summed E-state index contributed by atoms with van der Waals surface area (Å²) in [7, 11) is 1.39. The van der Waals surface area contributed by atoms with Gasteiger partial charge in [0.25, 0.3) is 0 Å². The number of carbonyl (C=O) groups is 2. The molecule has 1 aromatic rings. The number of likely N-dealkylation sites (N-methyl/N-ethyl adjacent to an activating group) is 1. The van der Waals surface area contributed by atoms with Crippen molar-refractivity contribution in [3.05, 3.63) is 34.6 Å². The molecule has 0 N–H and O–H groups in total. The van der Waals surface area contributed by atoms with E-state index in [1.807, 2.05) is 0 Å². The Morgan fingerprint density at radius 3 is 2.33 bits per heavy atom. The number of amides is 1. The third-order valence-electron chi connectivity index (χ3n) is 3.07. The molecule has 1 rings (SSSR count). The molecule has 0 radical (unpaired) electrons. The van der Waals surface area contributed by atoms with Crippen molar-refractivity contribution in [2.75, 3.05) is 7.05 Å². The van der Waals surface area contributed by atoms with Crippen LogP contribution in [0, 0.1) is 5.82 Å². The van der Waals surface area contributed by atoms with Crippen molar-refractivity contribution in [3.63, 3.8) is 0 Å². The molecular weight excluding hydrogens is 297 g/mol. The highest BCUT2D eigenvalue weighted by Gasteiger charge is 2.38. The molecular formula is C15H19ClFNO3. The minimum Gasteiger partial charge on any atom is -0.444 e. The Labute approximate surface area is 128 Å². The first-order chi connectivity index (χ1) is 9.51. The summed E-state index contributed by atoms with van der Waals surface area (Å²) in [6, 6.07) is 3.94. The zero-order valence-corrected chi connectivity index (χ0v) is 13.5. The fraction of sp³-hybridized carbons (Fsp3) is 0.467. The second-order valence-electron chi connectivity index (χ2n) is 5.93. The summed E-state index contributed by atoms with van der Waals surface area (Å²) in [5.74, 6) is -0.660. The van der Waals surface area contributed by atoms with Gasteiger partial charge in [-0.15, -0.1) is 0 Å². The van der Waals surface area contributed by atoms with E-state index in [1.54, 1.807) is 20.8 Å². The molecule has 0 aliphatic carbocycles. The van der Waals surface area contributed by atoms with Crippen LogP contribution >= 0.6 is 11.6 Å². The summed E-state index contributed by atoms with van der Waals surface area (Å²) < 4.78 is 19.3. The number of hydrogen-bond acceptors (Lipinski definition) is 3. The minimum absolute atomic E-state index is 0.0512. The quantitative estimate of drug-likeness (QED) is 0.798. The summed E-state index contributed by atoms with van der Waals surface area (Å²) in [6.07, 6.45) is -0.213. The van der Waals surface area contributed by atoms with E-state index < -0.39 is 23.1 Å². The van der Waals surface area contributed by atoms with Gasteiger partial charge in [0, 0.05) is 17.6 Å². The van der Waals surface area contributed by atoms with Crippen molar-refractivity contribution in [1.82, 2.24) is 4.90 Å². The number of nitrogens with zero attached hydrogens (tertiary/aromatic N) is 1. The van der Waals surface area contributed by atoms with E-state index in [2.05, 4.69) is 0 Å². The Bertz CT molecular complexity index is 556. The van der Waals surface area contributed by atoms with Crippen molar-refractivity contribution in [3.8, 4) is 0 Å². The monoisotopic (exact) mass is 315 g/mol. The van der Waals surface area contributed by atoms with Crippen LogP contribution in [0.2, 0.25) is 5.02 Å². The summed E-state index contributed by atoms with van der Waals surface area (Å²) >= 11 is 5.71. The van der Waals surface area contributed by atoms with Gasteiger partial charge in [-0.25, -0.2) is 9.18 Å². The van der Waals surface area contributed by atoms with Crippen molar-refractivity contribution >= 4 is 24.0 Å². The van der Waals surface area contributed by atoms with E-state index in [4.69, 9.17) is 16.3 Å². The molecule has 4 nitrogen and oxygen atoms in total. The highest BCUT2D eigenvalue weighted by molar-refractivity contribution is 6.30. The number of hydrogen-bond donors (Lipinski definition) is 0. The Morgan fingerprint density at radius 2 is 1.90 bits per heavy atom. The molecule has 0 aliphatic heterocycles. The normalized spacial score (nSPS) is 14.2. The van der Waals surface area contributed by atoms with Crippen molar-refractivity contribution in [1.29, 1.82) is 0 Å². The summed E-state index contributed by atoms with van der Waals surface area (Å²) in [5.41, 5.74) is -2.15. The Kier molecular flexibility index (Phi) is 4.99. The first-order valence-corrected chi connectivity index (χ1v) is 6.78. The van der Waals surface area contributed by atoms with Crippen LogP contribution in [0.1, 0.15) is 33.3 Å². The van der Waals surface area contributed by atoms with Gasteiger partial charge in [0.2, 0.25) is 0 Å². The van der Waals surface area contributed by atoms with E-state index in [-0.39, 0.29) is 10.6 Å². The van der Waals surface area contributed by atoms with Gasteiger partial charge in [-0.05, 0) is 39.8 Å².